The van der Waals surface area contributed by atoms with Crippen LogP contribution in [0.25, 0.3) is 296 Å². The summed E-state index contributed by atoms with van der Waals surface area (Å²) in [5.41, 5.74) is 18.1. The van der Waals surface area contributed by atoms with Gasteiger partial charge in [-0.25, -0.2) is 0 Å². The fourth-order valence-electron chi connectivity index (χ4n) is 20.7. The lowest BCUT2D eigenvalue weighted by Crippen LogP contribution is -1.91. The molecule has 0 amide bonds. The number of hydrogen-bond donors (Lipinski definition) is 0. The second kappa shape index (κ2) is 31.7. The molecule has 6 nitrogen and oxygen atoms in total. The van der Waals surface area contributed by atoms with Gasteiger partial charge in [-0.15, -0.1) is 0 Å². The molecular weight excluding hydrogens is 1680 g/mol. The van der Waals surface area contributed by atoms with Gasteiger partial charge in [-0.2, -0.15) is 0 Å². The van der Waals surface area contributed by atoms with Gasteiger partial charge in [0.2, 0.25) is 0 Å². The normalized spacial score (nSPS) is 14.3. The molecule has 0 spiro atoms. The number of furan rings is 6. The average Bonchev–Trinajstić information content (AvgIpc) is 0.850. The smallest absolute Gasteiger partial charge is 0.143 e. The Morgan fingerprint density at radius 3 is 0.732 bits per heavy atom. The summed E-state index contributed by atoms with van der Waals surface area (Å²) in [6.07, 6.45) is 0. The fraction of sp³-hybridized carbons (Fsp3) is 0. The van der Waals surface area contributed by atoms with Crippen LogP contribution in [-0.4, -0.2) is 0 Å². The first-order chi connectivity index (χ1) is 78.4. The van der Waals surface area contributed by atoms with Crippen molar-refractivity contribution >= 4 is 196 Å². The van der Waals surface area contributed by atoms with Gasteiger partial charge in [-0.1, -0.05) is 394 Å². The molecule has 0 fully saturated rings. The summed E-state index contributed by atoms with van der Waals surface area (Å²) < 4.78 is 254. The summed E-state index contributed by atoms with van der Waals surface area (Å²) in [4.78, 5) is 0. The minimum atomic E-state index is -0.453. The van der Waals surface area contributed by atoms with Gasteiger partial charge in [0.25, 0.3) is 0 Å². The van der Waals surface area contributed by atoms with Crippen LogP contribution in [0.2, 0.25) is 0 Å². The highest BCUT2D eigenvalue weighted by molar-refractivity contribution is 6.28. The predicted molar refractivity (Wildman–Crippen MR) is 577 cm³/mol. The van der Waals surface area contributed by atoms with Crippen LogP contribution in [0.1, 0.15) is 32.9 Å². The van der Waals surface area contributed by atoms with Gasteiger partial charge in [0.05, 0.1) is 32.9 Å². The molecule has 0 radical (unpaired) electrons. The number of hydrogen-bond acceptors (Lipinski definition) is 6. The van der Waals surface area contributed by atoms with E-state index in [0.717, 1.165) is 132 Å². The minimum Gasteiger partial charge on any atom is -0.456 e. The summed E-state index contributed by atoms with van der Waals surface area (Å²) in [7, 11) is 0. The van der Waals surface area contributed by atoms with Crippen LogP contribution >= 0.6 is 0 Å². The monoisotopic (exact) mass is 1780 g/mol. The Labute approximate surface area is 824 Å². The van der Waals surface area contributed by atoms with E-state index in [1.165, 1.54) is 0 Å². The number of rotatable bonds is 9. The van der Waals surface area contributed by atoms with Gasteiger partial charge in [-0.3, -0.25) is 0 Å². The first-order valence-electron chi connectivity index (χ1n) is 57.1. The van der Waals surface area contributed by atoms with E-state index in [9.17, 15) is 16.4 Å². The second-order valence-corrected chi connectivity index (χ2v) is 34.2. The zero-order valence-corrected chi connectivity index (χ0v) is 72.6. The maximum atomic E-state index is 9.33. The van der Waals surface area contributed by atoms with Crippen LogP contribution in [0.5, 0.6) is 0 Å². The molecule has 138 heavy (non-hydrogen) atoms. The van der Waals surface area contributed by atoms with Crippen molar-refractivity contribution in [2.75, 3.05) is 0 Å². The van der Waals surface area contributed by atoms with Gasteiger partial charge in [0.15, 0.2) is 0 Å². The Morgan fingerprint density at radius 2 is 0.355 bits per heavy atom. The highest BCUT2D eigenvalue weighted by Crippen LogP contribution is 2.52. The van der Waals surface area contributed by atoms with Gasteiger partial charge < -0.3 is 26.5 Å². The number of para-hydroxylation sites is 8. The molecule has 6 heteroatoms. The Hall–Kier alpha value is -18.4. The molecule has 24 aromatic carbocycles. The van der Waals surface area contributed by atoms with Gasteiger partial charge in [0, 0.05) is 81.3 Å². The van der Waals surface area contributed by atoms with Crippen LogP contribution < -0.4 is 0 Å². The predicted octanol–water partition coefficient (Wildman–Crippen LogP) is 38.4. The zero-order valence-electron chi connectivity index (χ0n) is 96.6. The SMILES string of the molecule is [2H]c1c([2H])c([2H])c2c(-c3ccc4c(c3)oc3ccccc34)c3c([2H])c([2H])c([2H])c([2H])c3c(-c3ccc(-c4ccc5c(c4)oc4ccccc45)cc3)c2c1[2H].[2H]c1c([2H])c([2H])c2c(-c3ccc4c(c3)oc3ccccc34)c3c([2H])c([2H])c([2H])c([2H])c3c(-c3ccc(-c4cccc5oc6ccccc6c45)cc3)c2c1[2H].[2H]c1c([2H])c([2H])c2c(-c3cccc4c3oc3ccccc34)c3c([2H])c([2H])c([2H])c([2H])c3c(-c3ccc(-c4cccc5c4oc4ccccc45)cc3)c2c1[2H]. The Balaban J connectivity index is 0.000000114. The van der Waals surface area contributed by atoms with Crippen molar-refractivity contribution < 1.29 is 59.4 Å². The molecule has 30 aromatic rings. The lowest BCUT2D eigenvalue weighted by atomic mass is 9.85. The quantitative estimate of drug-likeness (QED) is 0.134. The molecule has 0 saturated heterocycles. The van der Waals surface area contributed by atoms with Crippen LogP contribution in [0, 0.1) is 0 Å². The van der Waals surface area contributed by atoms with Crippen molar-refractivity contribution in [2.45, 2.75) is 0 Å². The summed E-state index contributed by atoms with van der Waals surface area (Å²) in [6, 6.07) is 94.0. The van der Waals surface area contributed by atoms with E-state index in [1.807, 2.05) is 309 Å². The van der Waals surface area contributed by atoms with Crippen molar-refractivity contribution in [3.63, 3.8) is 0 Å². The van der Waals surface area contributed by atoms with Crippen molar-refractivity contribution in [1.29, 1.82) is 0 Å². The molecule has 0 aliphatic rings. The average molecular weight is 1780 g/mol. The molecular formula is C132H78O6. The molecule has 642 valence electrons. The Kier molecular flexibility index (Phi) is 13.3. The standard InChI is InChI=1S/3C44H26O2/c1-3-15-34-32(13-1)41(28-25-23-27(24-26-28)29-17-9-18-36-30-11-5-7-21-39(30)45-43(29)36)33-14-2-4-16-35(33)42(34)38-20-10-19-37-31-12-6-8-22-40(31)46-44(37)38;1-3-13-35-33(11-1)42(28-22-20-27(21-23-28)30-16-9-19-40-44(30)37-15-6-8-18-39(37)45-40)34-12-2-4-14-36(34)43(35)29-24-25-32-31-10-5-7-17-38(31)46-41(32)26-29;1-3-13-37-35(11-1)43(28-19-17-27(18-20-28)29-21-23-33-31-9-5-7-15-39(31)45-41(33)25-29)36-12-2-4-14-38(36)44(37)30-22-24-34-32-10-6-8-16-40(32)46-42(34)26-30/h3*1-26H/i1D,2D,3D,4D,13D,14D,15D,16D;2*1D,2D,3D,4D,11D,12D,13D,14D. The third kappa shape index (κ3) is 12.6. The van der Waals surface area contributed by atoms with Crippen LogP contribution in [0.4, 0.5) is 0 Å². The maximum Gasteiger partial charge on any atom is 0.143 e. The Bertz CT molecular complexity index is 11600. The molecule has 0 atom stereocenters. The van der Waals surface area contributed by atoms with E-state index in [1.54, 1.807) is 18.2 Å². The highest BCUT2D eigenvalue weighted by atomic mass is 16.3. The molecule has 0 aliphatic heterocycles. The maximum absolute atomic E-state index is 9.33. The molecule has 0 bridgehead atoms. The second-order valence-electron chi connectivity index (χ2n) is 34.2. The zero-order chi connectivity index (χ0) is 111. The van der Waals surface area contributed by atoms with Crippen molar-refractivity contribution in [1.82, 2.24) is 0 Å². The first kappa shape index (κ1) is 57.8. The third-order valence-electron chi connectivity index (χ3n) is 26.8. The van der Waals surface area contributed by atoms with Gasteiger partial charge in [-0.05, 0) is 227 Å². The summed E-state index contributed by atoms with van der Waals surface area (Å²) in [5, 5.41) is 12.9. The summed E-state index contributed by atoms with van der Waals surface area (Å²) >= 11 is 0. The van der Waals surface area contributed by atoms with Crippen molar-refractivity contribution in [3.05, 3.63) is 473 Å². The molecule has 30 rings (SSSR count). The number of benzene rings is 24. The summed E-state index contributed by atoms with van der Waals surface area (Å²) in [6.45, 7) is 0. The van der Waals surface area contributed by atoms with Crippen molar-refractivity contribution in [3.8, 4) is 100 Å². The lowest BCUT2D eigenvalue weighted by Gasteiger charge is -2.18. The number of fused-ring (bicyclic) bond motifs is 24. The van der Waals surface area contributed by atoms with E-state index < -0.39 is 72.5 Å². The van der Waals surface area contributed by atoms with Gasteiger partial charge >= 0.3 is 0 Å². The van der Waals surface area contributed by atoms with Crippen LogP contribution in [-0.2, 0) is 0 Å². The van der Waals surface area contributed by atoms with E-state index in [0.29, 0.717) is 78.0 Å². The highest BCUT2D eigenvalue weighted by Gasteiger charge is 2.26. The van der Waals surface area contributed by atoms with E-state index in [-0.39, 0.29) is 159 Å². The molecule has 6 aromatic heterocycles. The largest absolute Gasteiger partial charge is 0.456 e. The topological polar surface area (TPSA) is 78.8 Å². The van der Waals surface area contributed by atoms with Gasteiger partial charge in [0.1, 0.15) is 67.0 Å². The third-order valence-corrected chi connectivity index (χ3v) is 26.8. The van der Waals surface area contributed by atoms with E-state index in [2.05, 4.69) is 0 Å². The molecule has 6 heterocycles. The van der Waals surface area contributed by atoms with Crippen molar-refractivity contribution in [2.24, 2.45) is 0 Å². The summed E-state index contributed by atoms with van der Waals surface area (Å²) in [5.74, 6) is 0. The van der Waals surface area contributed by atoms with E-state index in [4.69, 9.17) is 43.0 Å². The molecule has 0 aliphatic carbocycles. The van der Waals surface area contributed by atoms with E-state index >= 15 is 0 Å². The Morgan fingerprint density at radius 1 is 0.130 bits per heavy atom. The first-order valence-corrected chi connectivity index (χ1v) is 45.1. The molecule has 0 N–H and O–H groups in total. The van der Waals surface area contributed by atoms with Crippen LogP contribution in [0.3, 0.4) is 0 Å². The van der Waals surface area contributed by atoms with Crippen LogP contribution in [0.15, 0.2) is 499 Å². The lowest BCUT2D eigenvalue weighted by molar-refractivity contribution is 0.668. The molecule has 0 unspecified atom stereocenters. The molecule has 0 saturated carbocycles. The minimum absolute atomic E-state index is 0.137. The fourth-order valence-corrected chi connectivity index (χ4v) is 20.7.